The molecule has 0 nitrogen and oxygen atoms in total. The third-order valence-corrected chi connectivity index (χ3v) is 11.5. The number of halogens is 2. The zero-order chi connectivity index (χ0) is 23.1. The Hall–Kier alpha value is -1.99. The van der Waals surface area contributed by atoms with Crippen molar-refractivity contribution in [3.05, 3.63) is 131 Å². The first-order valence-electron chi connectivity index (χ1n) is 11.7. The highest BCUT2D eigenvalue weighted by molar-refractivity contribution is 9.10. The van der Waals surface area contributed by atoms with E-state index in [1.807, 2.05) is 0 Å². The van der Waals surface area contributed by atoms with Gasteiger partial charge in [0.1, 0.15) is 23.2 Å². The molecule has 0 spiro atoms. The van der Waals surface area contributed by atoms with Crippen molar-refractivity contribution in [1.82, 2.24) is 0 Å². The van der Waals surface area contributed by atoms with Gasteiger partial charge in [-0.1, -0.05) is 82.7 Å². The first kappa shape index (κ1) is 26.6. The van der Waals surface area contributed by atoms with Crippen molar-refractivity contribution in [2.45, 2.75) is 26.7 Å². The van der Waals surface area contributed by atoms with Crippen LogP contribution >= 0.6 is 23.2 Å². The van der Waals surface area contributed by atoms with Crippen molar-refractivity contribution in [3.63, 3.8) is 0 Å². The van der Waals surface area contributed by atoms with Gasteiger partial charge in [0, 0.05) is 4.47 Å². The summed E-state index contributed by atoms with van der Waals surface area (Å²) in [6.45, 7) is 4.44. The molecule has 0 aromatic heterocycles. The fourth-order valence-electron chi connectivity index (χ4n) is 4.81. The zero-order valence-electron chi connectivity index (χ0n) is 19.8. The van der Waals surface area contributed by atoms with Crippen molar-refractivity contribution < 1.29 is 17.0 Å². The lowest BCUT2D eigenvalue weighted by molar-refractivity contribution is -0.00000639. The molecule has 3 heteroatoms. The molecule has 1 aliphatic rings. The molecule has 34 heavy (non-hydrogen) atoms. The second kappa shape index (κ2) is 12.6. The lowest BCUT2D eigenvalue weighted by Gasteiger charge is -2.26. The number of rotatable bonds is 4. The molecule has 5 rings (SSSR count). The number of hydrogen-bond acceptors (Lipinski definition) is 0. The van der Waals surface area contributed by atoms with Crippen LogP contribution in [0.25, 0.3) is 5.57 Å². The highest BCUT2D eigenvalue weighted by Gasteiger charge is 2.43. The van der Waals surface area contributed by atoms with Crippen LogP contribution in [0.3, 0.4) is 0 Å². The summed E-state index contributed by atoms with van der Waals surface area (Å²) in [5.41, 5.74) is 4.42. The van der Waals surface area contributed by atoms with Crippen LogP contribution in [0.15, 0.2) is 120 Å². The predicted octanol–water partition coefficient (Wildman–Crippen LogP) is 4.80. The molecule has 0 N–H and O–H groups in total. The van der Waals surface area contributed by atoms with Gasteiger partial charge in [-0.2, -0.15) is 0 Å². The molecule has 1 aliphatic carbocycles. The lowest BCUT2D eigenvalue weighted by atomic mass is 10.1. The number of aryl methyl sites for hydroxylation is 1. The molecule has 0 aliphatic heterocycles. The van der Waals surface area contributed by atoms with Crippen molar-refractivity contribution in [3.8, 4) is 0 Å². The van der Waals surface area contributed by atoms with Gasteiger partial charge in [-0.3, -0.25) is 0 Å². The molecule has 0 saturated heterocycles. The van der Waals surface area contributed by atoms with E-state index in [2.05, 4.69) is 145 Å². The second-order valence-corrected chi connectivity index (χ2v) is 13.0. The minimum Gasteiger partial charge on any atom is -1.00 e. The molecule has 4 aromatic carbocycles. The van der Waals surface area contributed by atoms with Gasteiger partial charge in [0.15, 0.2) is 0 Å². The van der Waals surface area contributed by atoms with Crippen molar-refractivity contribution in [2.75, 3.05) is 6.16 Å². The van der Waals surface area contributed by atoms with Crippen LogP contribution in [0.4, 0.5) is 0 Å². The Morgan fingerprint density at radius 3 is 1.59 bits per heavy atom. The number of allylic oxidation sites excluding steroid dienone is 2. The van der Waals surface area contributed by atoms with Crippen molar-refractivity contribution >= 4 is 44.7 Å². The maximum atomic E-state index is 3.49. The molecule has 0 fully saturated rings. The second-order valence-electron chi connectivity index (χ2n) is 8.25. The Kier molecular flexibility index (Phi) is 9.89. The maximum Gasteiger partial charge on any atom is 0.111 e. The van der Waals surface area contributed by atoms with Crippen molar-refractivity contribution in [1.29, 1.82) is 0 Å². The van der Waals surface area contributed by atoms with E-state index in [4.69, 9.17) is 0 Å². The highest BCUT2D eigenvalue weighted by atomic mass is 79.9. The van der Waals surface area contributed by atoms with E-state index in [0.29, 0.717) is 0 Å². The minimum absolute atomic E-state index is 0. The number of benzene rings is 4. The molecule has 0 atom stereocenters. The van der Waals surface area contributed by atoms with Crippen molar-refractivity contribution in [2.24, 2.45) is 0 Å². The van der Waals surface area contributed by atoms with Gasteiger partial charge in [-0.25, -0.2) is 0 Å². The van der Waals surface area contributed by atoms with Gasteiger partial charge in [0.05, 0.1) is 6.16 Å². The summed E-state index contributed by atoms with van der Waals surface area (Å²) >= 11 is 3.49. The third kappa shape index (κ3) is 5.62. The summed E-state index contributed by atoms with van der Waals surface area (Å²) in [6.07, 6.45) is 5.79. The minimum atomic E-state index is -1.53. The van der Waals surface area contributed by atoms with Crippen LogP contribution < -0.4 is 32.9 Å². The number of fused-ring (bicyclic) bond motifs is 1. The van der Waals surface area contributed by atoms with E-state index < -0.39 is 7.26 Å². The van der Waals surface area contributed by atoms with Crippen LogP contribution in [0, 0.1) is 0 Å². The summed E-state index contributed by atoms with van der Waals surface area (Å²) in [7, 11) is -1.53. The normalized spacial score (nSPS) is 13.4. The van der Waals surface area contributed by atoms with Gasteiger partial charge in [-0.05, 0) is 91.9 Å². The van der Waals surface area contributed by atoms with Gasteiger partial charge >= 0.3 is 0 Å². The van der Waals surface area contributed by atoms with E-state index in [1.165, 1.54) is 49.9 Å². The molecule has 4 aromatic rings. The fraction of sp³-hybridized carbons (Fsp3) is 0.161. The Morgan fingerprint density at radius 1 is 0.706 bits per heavy atom. The summed E-state index contributed by atoms with van der Waals surface area (Å²) in [5.74, 6) is 0. The monoisotopic (exact) mass is 592 g/mol. The van der Waals surface area contributed by atoms with E-state index in [0.717, 1.165) is 6.16 Å². The van der Waals surface area contributed by atoms with E-state index in [-0.39, 0.29) is 17.0 Å². The first-order valence-corrected chi connectivity index (χ1v) is 14.4. The average molecular weight is 594 g/mol. The maximum absolute atomic E-state index is 3.49. The summed E-state index contributed by atoms with van der Waals surface area (Å²) < 4.78 is 1.18. The van der Waals surface area contributed by atoms with E-state index >= 15 is 0 Å². The SMILES string of the molecule is CC=C1CCc2ccc(Br)cc21.CC[P+](c1ccccc1)(c1ccccc1)c1ccccc1.[Br-]. The molecular formula is C31H31Br2P. The van der Waals surface area contributed by atoms with Gasteiger partial charge in [-0.15, -0.1) is 0 Å². The summed E-state index contributed by atoms with van der Waals surface area (Å²) in [6, 6.07) is 39.5. The highest BCUT2D eigenvalue weighted by Crippen LogP contribution is 2.54. The van der Waals surface area contributed by atoms with Crippen LogP contribution in [0.1, 0.15) is 31.4 Å². The molecule has 0 bridgehead atoms. The largest absolute Gasteiger partial charge is 1.00 e. The summed E-state index contributed by atoms with van der Waals surface area (Å²) in [4.78, 5) is 0. The third-order valence-electron chi connectivity index (χ3n) is 6.50. The van der Waals surface area contributed by atoms with Crippen LogP contribution in [0.5, 0.6) is 0 Å². The van der Waals surface area contributed by atoms with Crippen LogP contribution in [-0.2, 0) is 6.42 Å². The summed E-state index contributed by atoms with van der Waals surface area (Å²) in [5, 5.41) is 4.39. The Morgan fingerprint density at radius 2 is 1.18 bits per heavy atom. The Labute approximate surface area is 224 Å². The number of hydrogen-bond donors (Lipinski definition) is 0. The Bertz CT molecular complexity index is 1110. The average Bonchev–Trinajstić information content (AvgIpc) is 3.29. The smallest absolute Gasteiger partial charge is 0.111 e. The quantitative estimate of drug-likeness (QED) is 0.298. The molecule has 174 valence electrons. The molecule has 0 unspecified atom stereocenters. The molecular weight excluding hydrogens is 563 g/mol. The van der Waals surface area contributed by atoms with Crippen LogP contribution in [-0.4, -0.2) is 6.16 Å². The van der Waals surface area contributed by atoms with E-state index in [1.54, 1.807) is 0 Å². The predicted molar refractivity (Wildman–Crippen MR) is 152 cm³/mol. The Balaban J connectivity index is 0.000000212. The zero-order valence-corrected chi connectivity index (χ0v) is 23.9. The molecule has 0 saturated carbocycles. The molecule has 0 heterocycles. The lowest BCUT2D eigenvalue weighted by Crippen LogP contribution is -3.00. The van der Waals surface area contributed by atoms with Gasteiger partial charge in [0.2, 0.25) is 0 Å². The first-order chi connectivity index (χ1) is 16.2. The standard InChI is InChI=1S/C20H20P.C11H11Br.BrH/c1-2-21(18-12-6-3-7-13-18,19-14-8-4-9-15-19)20-16-10-5-11-17-20;1-2-8-3-4-9-5-6-10(12)7-11(8)9;/h3-17H,2H2,1H3;2,5-7H,3-4H2,1H3;1H/q+1;;/p-1. The van der Waals surface area contributed by atoms with Gasteiger partial charge in [0.25, 0.3) is 0 Å². The van der Waals surface area contributed by atoms with Gasteiger partial charge < -0.3 is 17.0 Å². The fourth-order valence-corrected chi connectivity index (χ4v) is 9.21. The topological polar surface area (TPSA) is 0 Å². The molecule has 0 amide bonds. The van der Waals surface area contributed by atoms with E-state index in [9.17, 15) is 0 Å². The molecule has 0 radical (unpaired) electrons. The van der Waals surface area contributed by atoms with Crippen LogP contribution in [0.2, 0.25) is 0 Å².